The van der Waals surface area contributed by atoms with Crippen molar-refractivity contribution in [3.8, 4) is 11.3 Å². The van der Waals surface area contributed by atoms with E-state index in [1.54, 1.807) is 41.3 Å². The van der Waals surface area contributed by atoms with Gasteiger partial charge in [0.25, 0.3) is 0 Å². The molecule has 0 N–H and O–H groups in total. The van der Waals surface area contributed by atoms with Crippen LogP contribution in [0.1, 0.15) is 28.7 Å². The van der Waals surface area contributed by atoms with E-state index in [0.717, 1.165) is 23.4 Å². The summed E-state index contributed by atoms with van der Waals surface area (Å²) >= 11 is 6.35. The summed E-state index contributed by atoms with van der Waals surface area (Å²) in [5, 5.41) is 4.88. The van der Waals surface area contributed by atoms with Crippen LogP contribution in [0.4, 0.5) is 0 Å². The van der Waals surface area contributed by atoms with Crippen LogP contribution < -0.4 is 0 Å². The molecule has 26 heavy (non-hydrogen) atoms. The first-order valence-corrected chi connectivity index (χ1v) is 8.50. The lowest BCUT2D eigenvalue weighted by molar-refractivity contribution is 0.103. The number of aryl methyl sites for hydroxylation is 1. The fourth-order valence-corrected chi connectivity index (χ4v) is 2.96. The summed E-state index contributed by atoms with van der Waals surface area (Å²) in [6, 6.07) is 8.95. The summed E-state index contributed by atoms with van der Waals surface area (Å²) < 4.78 is 1.62. The van der Waals surface area contributed by atoms with E-state index in [0.29, 0.717) is 21.9 Å². The molecule has 0 spiro atoms. The van der Waals surface area contributed by atoms with Gasteiger partial charge in [0.1, 0.15) is 5.69 Å². The maximum atomic E-state index is 12.7. The van der Waals surface area contributed by atoms with Gasteiger partial charge in [-0.15, -0.1) is 0 Å². The Bertz CT molecular complexity index is 1110. The topological polar surface area (TPSA) is 73.0 Å². The number of pyridine rings is 2. The standard InChI is InChI=1S/C19H14ClN5O/c1-2-12-9-13(15(20)11-23-12)17-6-8-22-19-14(10-24-25(17)19)18(26)16-5-3-4-7-21-16/h3-11H,2H2,1H3. The molecule has 7 heteroatoms. The third-order valence-electron chi connectivity index (χ3n) is 4.09. The number of fused-ring (bicyclic) bond motifs is 1. The highest BCUT2D eigenvalue weighted by atomic mass is 35.5. The number of hydrogen-bond acceptors (Lipinski definition) is 5. The number of ketones is 1. The van der Waals surface area contributed by atoms with Crippen molar-refractivity contribution in [3.05, 3.63) is 77.1 Å². The van der Waals surface area contributed by atoms with Gasteiger partial charge in [0.15, 0.2) is 5.65 Å². The molecule has 6 nitrogen and oxygen atoms in total. The molecule has 0 bridgehead atoms. The maximum Gasteiger partial charge on any atom is 0.216 e. The Morgan fingerprint density at radius 2 is 2.00 bits per heavy atom. The highest BCUT2D eigenvalue weighted by Gasteiger charge is 2.19. The van der Waals surface area contributed by atoms with Gasteiger partial charge in [-0.25, -0.2) is 9.50 Å². The maximum absolute atomic E-state index is 12.7. The average Bonchev–Trinajstić information content (AvgIpc) is 3.13. The number of rotatable bonds is 4. The van der Waals surface area contributed by atoms with Crippen molar-refractivity contribution in [2.45, 2.75) is 13.3 Å². The Balaban J connectivity index is 1.88. The highest BCUT2D eigenvalue weighted by Crippen LogP contribution is 2.28. The summed E-state index contributed by atoms with van der Waals surface area (Å²) in [6.07, 6.45) is 7.16. The van der Waals surface area contributed by atoms with Gasteiger partial charge < -0.3 is 0 Å². The molecule has 4 aromatic heterocycles. The van der Waals surface area contributed by atoms with Gasteiger partial charge >= 0.3 is 0 Å². The van der Waals surface area contributed by atoms with E-state index in [1.165, 1.54) is 6.20 Å². The monoisotopic (exact) mass is 363 g/mol. The SMILES string of the molecule is CCc1cc(-c2ccnc3c(C(=O)c4ccccn4)cnn23)c(Cl)cn1. The minimum atomic E-state index is -0.222. The van der Waals surface area contributed by atoms with E-state index in [-0.39, 0.29) is 5.78 Å². The van der Waals surface area contributed by atoms with Gasteiger partial charge in [-0.1, -0.05) is 24.6 Å². The molecule has 0 unspecified atom stereocenters. The number of nitrogens with zero attached hydrogens (tertiary/aromatic N) is 5. The van der Waals surface area contributed by atoms with Gasteiger partial charge in [-0.2, -0.15) is 5.10 Å². The first-order chi connectivity index (χ1) is 12.7. The number of carbonyl (C=O) groups excluding carboxylic acids is 1. The predicted molar refractivity (Wildman–Crippen MR) is 98.3 cm³/mol. The van der Waals surface area contributed by atoms with Crippen molar-refractivity contribution in [1.29, 1.82) is 0 Å². The smallest absolute Gasteiger partial charge is 0.216 e. The second-order valence-electron chi connectivity index (χ2n) is 5.68. The zero-order valence-electron chi connectivity index (χ0n) is 13.9. The Hall–Kier alpha value is -3.12. The first-order valence-electron chi connectivity index (χ1n) is 8.12. The number of aromatic nitrogens is 5. The van der Waals surface area contributed by atoms with Gasteiger partial charge in [-0.05, 0) is 30.7 Å². The van der Waals surface area contributed by atoms with Crippen molar-refractivity contribution < 1.29 is 4.79 Å². The van der Waals surface area contributed by atoms with Crippen LogP contribution in [0.5, 0.6) is 0 Å². The van der Waals surface area contributed by atoms with Crippen LogP contribution in [0.3, 0.4) is 0 Å². The van der Waals surface area contributed by atoms with Gasteiger partial charge in [0.05, 0.1) is 22.5 Å². The van der Waals surface area contributed by atoms with Crippen LogP contribution in [0.15, 0.2) is 55.1 Å². The summed E-state index contributed by atoms with van der Waals surface area (Å²) in [5.41, 5.74) is 3.68. The second kappa shape index (κ2) is 6.65. The van der Waals surface area contributed by atoms with Gasteiger partial charge in [0, 0.05) is 29.8 Å². The third-order valence-corrected chi connectivity index (χ3v) is 4.39. The van der Waals surface area contributed by atoms with Crippen molar-refractivity contribution in [2.24, 2.45) is 0 Å². The molecule has 4 heterocycles. The summed E-state index contributed by atoms with van der Waals surface area (Å²) in [7, 11) is 0. The fourth-order valence-electron chi connectivity index (χ4n) is 2.76. The van der Waals surface area contributed by atoms with E-state index in [2.05, 4.69) is 20.1 Å². The molecule has 0 aliphatic rings. The quantitative estimate of drug-likeness (QED) is 0.517. The molecule has 0 aromatic carbocycles. The van der Waals surface area contributed by atoms with Crippen molar-refractivity contribution in [3.63, 3.8) is 0 Å². The lowest BCUT2D eigenvalue weighted by Crippen LogP contribution is -2.04. The Labute approximate surface area is 154 Å². The second-order valence-corrected chi connectivity index (χ2v) is 6.08. The van der Waals surface area contributed by atoms with E-state index < -0.39 is 0 Å². The van der Waals surface area contributed by atoms with Crippen LogP contribution in [-0.4, -0.2) is 30.3 Å². The molecule has 0 aliphatic carbocycles. The van der Waals surface area contributed by atoms with Crippen LogP contribution in [0.25, 0.3) is 16.9 Å². The first kappa shape index (κ1) is 16.4. The number of carbonyl (C=O) groups is 1. The van der Waals surface area contributed by atoms with E-state index in [1.807, 2.05) is 19.1 Å². The predicted octanol–water partition coefficient (Wildman–Crippen LogP) is 3.63. The number of hydrogen-bond donors (Lipinski definition) is 0. The third kappa shape index (κ3) is 2.74. The Morgan fingerprint density at radius 3 is 2.77 bits per heavy atom. The molecule has 128 valence electrons. The molecule has 0 saturated carbocycles. The van der Waals surface area contributed by atoms with Gasteiger partial charge in [-0.3, -0.25) is 14.8 Å². The summed E-state index contributed by atoms with van der Waals surface area (Å²) in [4.78, 5) is 25.5. The molecule has 0 amide bonds. The molecule has 4 aromatic rings. The molecule has 0 fully saturated rings. The molecule has 0 atom stereocenters. The van der Waals surface area contributed by atoms with Crippen LogP contribution in [0.2, 0.25) is 5.02 Å². The zero-order chi connectivity index (χ0) is 18.1. The van der Waals surface area contributed by atoms with Crippen molar-refractivity contribution >= 4 is 23.0 Å². The lowest BCUT2D eigenvalue weighted by Gasteiger charge is -2.08. The molecular weight excluding hydrogens is 350 g/mol. The van der Waals surface area contributed by atoms with Gasteiger partial charge in [0.2, 0.25) is 5.78 Å². The van der Waals surface area contributed by atoms with E-state index in [9.17, 15) is 4.79 Å². The summed E-state index contributed by atoms with van der Waals surface area (Å²) in [6.45, 7) is 2.03. The van der Waals surface area contributed by atoms with Crippen LogP contribution in [0, 0.1) is 0 Å². The van der Waals surface area contributed by atoms with Crippen molar-refractivity contribution in [2.75, 3.05) is 0 Å². The number of halogens is 1. The minimum absolute atomic E-state index is 0.222. The molecule has 4 rings (SSSR count). The zero-order valence-corrected chi connectivity index (χ0v) is 14.7. The minimum Gasteiger partial charge on any atom is -0.287 e. The molecule has 0 aliphatic heterocycles. The lowest BCUT2D eigenvalue weighted by atomic mass is 10.1. The largest absolute Gasteiger partial charge is 0.287 e. The van der Waals surface area contributed by atoms with E-state index in [4.69, 9.17) is 11.6 Å². The summed E-state index contributed by atoms with van der Waals surface area (Å²) in [5.74, 6) is -0.222. The normalized spacial score (nSPS) is 11.0. The molecule has 0 saturated heterocycles. The Kier molecular flexibility index (Phi) is 4.18. The van der Waals surface area contributed by atoms with Crippen LogP contribution >= 0.6 is 11.6 Å². The molecule has 0 radical (unpaired) electrons. The highest BCUT2D eigenvalue weighted by molar-refractivity contribution is 6.33. The Morgan fingerprint density at radius 1 is 1.12 bits per heavy atom. The van der Waals surface area contributed by atoms with Crippen molar-refractivity contribution in [1.82, 2.24) is 24.6 Å². The van der Waals surface area contributed by atoms with Crippen LogP contribution in [-0.2, 0) is 6.42 Å². The average molecular weight is 364 g/mol. The van der Waals surface area contributed by atoms with E-state index >= 15 is 0 Å². The fraction of sp³-hybridized carbons (Fsp3) is 0.105. The molecular formula is C19H14ClN5O.